The van der Waals surface area contributed by atoms with Gasteiger partial charge in [0.25, 0.3) is 5.91 Å². The molecule has 0 unspecified atom stereocenters. The van der Waals surface area contributed by atoms with E-state index in [4.69, 9.17) is 9.47 Å². The fraction of sp³-hybridized carbons (Fsp3) is 0.368. The lowest BCUT2D eigenvalue weighted by atomic mass is 10.2. The van der Waals surface area contributed by atoms with Crippen LogP contribution in [0.25, 0.3) is 0 Å². The van der Waals surface area contributed by atoms with Gasteiger partial charge < -0.3 is 24.6 Å². The maximum absolute atomic E-state index is 12.5. The topological polar surface area (TPSA) is 66.9 Å². The predicted octanol–water partition coefficient (Wildman–Crippen LogP) is 1.98. The number of hydrogen-bond donors (Lipinski definition) is 1. The third-order valence-corrected chi connectivity index (χ3v) is 4.60. The van der Waals surface area contributed by atoms with Gasteiger partial charge in [0.1, 0.15) is 18.9 Å². The smallest absolute Gasteiger partial charge is 0.272 e. The van der Waals surface area contributed by atoms with E-state index in [0.717, 1.165) is 49.1 Å². The van der Waals surface area contributed by atoms with Crippen molar-refractivity contribution in [2.75, 3.05) is 51.8 Å². The number of amides is 1. The maximum Gasteiger partial charge on any atom is 0.272 e. The number of aromatic nitrogens is 1. The second-order valence-corrected chi connectivity index (χ2v) is 6.51. The molecule has 1 fully saturated rings. The molecule has 0 aliphatic carbocycles. The Kier molecular flexibility index (Phi) is 4.62. The molecule has 1 aromatic carbocycles. The van der Waals surface area contributed by atoms with Gasteiger partial charge in [0.2, 0.25) is 0 Å². The van der Waals surface area contributed by atoms with Crippen molar-refractivity contribution in [3.8, 4) is 11.5 Å². The van der Waals surface area contributed by atoms with E-state index in [-0.39, 0.29) is 5.91 Å². The number of benzene rings is 1. The molecule has 2 aromatic rings. The lowest BCUT2D eigenvalue weighted by Crippen LogP contribution is -2.47. The van der Waals surface area contributed by atoms with Crippen molar-refractivity contribution in [3.63, 3.8) is 0 Å². The first-order valence-electron chi connectivity index (χ1n) is 8.79. The molecule has 2 aliphatic heterocycles. The van der Waals surface area contributed by atoms with E-state index in [1.165, 1.54) is 0 Å². The number of piperazine rings is 1. The van der Waals surface area contributed by atoms with E-state index in [9.17, 15) is 4.79 Å². The van der Waals surface area contributed by atoms with Crippen molar-refractivity contribution in [2.45, 2.75) is 0 Å². The first kappa shape index (κ1) is 16.7. The molecule has 0 saturated carbocycles. The summed E-state index contributed by atoms with van der Waals surface area (Å²) < 4.78 is 11.1. The van der Waals surface area contributed by atoms with Gasteiger partial charge >= 0.3 is 0 Å². The number of anilines is 2. The molecule has 0 spiro atoms. The zero-order valence-electron chi connectivity index (χ0n) is 14.8. The minimum Gasteiger partial charge on any atom is -0.486 e. The van der Waals surface area contributed by atoms with Gasteiger partial charge in [-0.15, -0.1) is 0 Å². The summed E-state index contributed by atoms with van der Waals surface area (Å²) in [6.45, 7) is 4.42. The van der Waals surface area contributed by atoms with Gasteiger partial charge in [0.05, 0.1) is 11.9 Å². The summed E-state index contributed by atoms with van der Waals surface area (Å²) in [5.74, 6) is 1.48. The molecular formula is C19H22N4O3. The lowest BCUT2D eigenvalue weighted by Gasteiger charge is -2.32. The summed E-state index contributed by atoms with van der Waals surface area (Å²) in [7, 11) is 2.07. The fourth-order valence-electron chi connectivity index (χ4n) is 3.05. The van der Waals surface area contributed by atoms with Gasteiger partial charge in [-0.3, -0.25) is 4.79 Å². The van der Waals surface area contributed by atoms with Gasteiger partial charge in [0, 0.05) is 37.9 Å². The zero-order valence-corrected chi connectivity index (χ0v) is 14.8. The highest BCUT2D eigenvalue weighted by Crippen LogP contribution is 2.33. The molecule has 7 nitrogen and oxygen atoms in total. The van der Waals surface area contributed by atoms with Crippen LogP contribution in [0.4, 0.5) is 11.4 Å². The van der Waals surface area contributed by atoms with Gasteiger partial charge in [-0.2, -0.15) is 0 Å². The molecular weight excluding hydrogens is 332 g/mol. The Morgan fingerprint density at radius 3 is 2.46 bits per heavy atom. The summed E-state index contributed by atoms with van der Waals surface area (Å²) in [5.41, 5.74) is 2.17. The molecule has 7 heteroatoms. The van der Waals surface area contributed by atoms with Crippen LogP contribution >= 0.6 is 0 Å². The second kappa shape index (κ2) is 7.21. The molecule has 2 aliphatic rings. The Morgan fingerprint density at radius 2 is 1.73 bits per heavy atom. The largest absolute Gasteiger partial charge is 0.486 e. The molecule has 0 atom stereocenters. The fourth-order valence-corrected chi connectivity index (χ4v) is 3.05. The summed E-state index contributed by atoms with van der Waals surface area (Å²) in [6.07, 6.45) is 1.68. The summed E-state index contributed by atoms with van der Waals surface area (Å²) >= 11 is 0. The summed E-state index contributed by atoms with van der Waals surface area (Å²) in [6, 6.07) is 9.35. The van der Waals surface area contributed by atoms with E-state index in [0.29, 0.717) is 18.9 Å². The second-order valence-electron chi connectivity index (χ2n) is 6.51. The highest BCUT2D eigenvalue weighted by Gasteiger charge is 2.21. The lowest BCUT2D eigenvalue weighted by molar-refractivity contribution is 0.0658. The van der Waals surface area contributed by atoms with E-state index >= 15 is 0 Å². The molecule has 3 heterocycles. The number of nitrogens with zero attached hydrogens (tertiary/aromatic N) is 3. The molecule has 4 rings (SSSR count). The molecule has 1 amide bonds. The number of carbonyl (C=O) groups is 1. The number of hydrogen-bond acceptors (Lipinski definition) is 6. The van der Waals surface area contributed by atoms with Gasteiger partial charge in [-0.25, -0.2) is 4.98 Å². The highest BCUT2D eigenvalue weighted by atomic mass is 16.6. The van der Waals surface area contributed by atoms with Crippen LogP contribution in [0.5, 0.6) is 11.5 Å². The van der Waals surface area contributed by atoms with Crippen LogP contribution in [0.3, 0.4) is 0 Å². The monoisotopic (exact) mass is 354 g/mol. The van der Waals surface area contributed by atoms with Crippen LogP contribution in [0.1, 0.15) is 10.5 Å². The minimum absolute atomic E-state index is 0.0102. The Morgan fingerprint density at radius 1 is 1.00 bits per heavy atom. The van der Waals surface area contributed by atoms with Gasteiger partial charge in [-0.05, 0) is 31.3 Å². The summed E-state index contributed by atoms with van der Waals surface area (Å²) in [4.78, 5) is 20.9. The Labute approximate surface area is 152 Å². The van der Waals surface area contributed by atoms with Crippen LogP contribution in [0.15, 0.2) is 36.5 Å². The van der Waals surface area contributed by atoms with E-state index < -0.39 is 0 Å². The third kappa shape index (κ3) is 3.57. The minimum atomic E-state index is -0.0102. The third-order valence-electron chi connectivity index (χ3n) is 4.60. The average molecular weight is 354 g/mol. The Balaban J connectivity index is 1.42. The molecule has 136 valence electrons. The highest BCUT2D eigenvalue weighted by molar-refractivity contribution is 5.92. The molecule has 0 bridgehead atoms. The van der Waals surface area contributed by atoms with Crippen molar-refractivity contribution < 1.29 is 14.3 Å². The van der Waals surface area contributed by atoms with Crippen LogP contribution in [-0.2, 0) is 0 Å². The van der Waals surface area contributed by atoms with Gasteiger partial charge in [-0.1, -0.05) is 0 Å². The van der Waals surface area contributed by atoms with E-state index in [1.54, 1.807) is 12.3 Å². The standard InChI is InChI=1S/C19H22N4O3/c1-22-6-8-23(9-7-22)19(24)16-4-2-15(13-20-16)21-14-3-5-17-18(12-14)26-11-10-25-17/h2-5,12-13,21H,6-11H2,1H3. The number of nitrogens with one attached hydrogen (secondary N) is 1. The number of carbonyl (C=O) groups excluding carboxylic acids is 1. The van der Waals surface area contributed by atoms with Crippen LogP contribution in [0, 0.1) is 0 Å². The SMILES string of the molecule is CN1CCN(C(=O)c2ccc(Nc3ccc4c(c3)OCCO4)cn2)CC1. The Hall–Kier alpha value is -2.80. The van der Waals surface area contributed by atoms with E-state index in [2.05, 4.69) is 22.2 Å². The molecule has 1 saturated heterocycles. The number of fused-ring (bicyclic) bond motifs is 1. The Bertz CT molecular complexity index is 786. The van der Waals surface area contributed by atoms with Crippen molar-refractivity contribution >= 4 is 17.3 Å². The zero-order chi connectivity index (χ0) is 17.9. The number of pyridine rings is 1. The maximum atomic E-state index is 12.5. The first-order valence-corrected chi connectivity index (χ1v) is 8.79. The van der Waals surface area contributed by atoms with Crippen LogP contribution in [-0.4, -0.2) is 67.1 Å². The number of likely N-dealkylation sites (N-methyl/N-ethyl adjacent to an activating group) is 1. The van der Waals surface area contributed by atoms with Crippen molar-refractivity contribution in [3.05, 3.63) is 42.2 Å². The first-order chi connectivity index (χ1) is 12.7. The molecule has 26 heavy (non-hydrogen) atoms. The van der Waals surface area contributed by atoms with Crippen LogP contribution < -0.4 is 14.8 Å². The number of rotatable bonds is 3. The van der Waals surface area contributed by atoms with Gasteiger partial charge in [0.15, 0.2) is 11.5 Å². The predicted molar refractivity (Wildman–Crippen MR) is 98.4 cm³/mol. The molecule has 1 aromatic heterocycles. The quantitative estimate of drug-likeness (QED) is 0.909. The molecule has 1 N–H and O–H groups in total. The van der Waals surface area contributed by atoms with Crippen molar-refractivity contribution in [1.82, 2.24) is 14.8 Å². The normalized spacial score (nSPS) is 17.0. The average Bonchev–Trinajstić information content (AvgIpc) is 2.68. The van der Waals surface area contributed by atoms with Crippen LogP contribution in [0.2, 0.25) is 0 Å². The number of ether oxygens (including phenoxy) is 2. The summed E-state index contributed by atoms with van der Waals surface area (Å²) in [5, 5.41) is 3.28. The van der Waals surface area contributed by atoms with Crippen molar-refractivity contribution in [2.24, 2.45) is 0 Å². The van der Waals surface area contributed by atoms with Crippen molar-refractivity contribution in [1.29, 1.82) is 0 Å². The molecule has 0 radical (unpaired) electrons. The van der Waals surface area contributed by atoms with E-state index in [1.807, 2.05) is 29.2 Å².